The second-order valence-electron chi connectivity index (χ2n) is 8.14. The summed E-state index contributed by atoms with van der Waals surface area (Å²) in [6.07, 6.45) is -4.30. The Labute approximate surface area is 205 Å². The molecule has 0 aliphatic carbocycles. The molecule has 16 heteroatoms. The lowest BCUT2D eigenvalue weighted by atomic mass is 9.89. The molecule has 0 aromatic rings. The molecule has 1 atom stereocenters. The Balaban J connectivity index is 5.47. The van der Waals surface area contributed by atoms with Gasteiger partial charge in [-0.05, 0) is 6.42 Å². The van der Waals surface area contributed by atoms with Crippen molar-refractivity contribution in [3.63, 3.8) is 0 Å². The molecule has 0 saturated heterocycles. The normalized spacial score (nSPS) is 16.0. The second kappa shape index (κ2) is 12.0. The SMILES string of the molecule is CCCCCCCCCCC(I)CC(F)(F)C(F)(F)C(F)(F)C(F)(F)C(F)(F)C(F)(F)C(F)(F)F. The van der Waals surface area contributed by atoms with Gasteiger partial charge in [-0.3, -0.25) is 0 Å². The van der Waals surface area contributed by atoms with Gasteiger partial charge in [-0.1, -0.05) is 80.9 Å². The van der Waals surface area contributed by atoms with E-state index in [0.717, 1.165) is 54.7 Å². The monoisotopic (exact) mass is 664 g/mol. The van der Waals surface area contributed by atoms with Gasteiger partial charge in [0.25, 0.3) is 0 Å². The molecular weight excluding hydrogens is 640 g/mol. The first-order valence-corrected chi connectivity index (χ1v) is 11.7. The summed E-state index contributed by atoms with van der Waals surface area (Å²) in [4.78, 5) is 0. The van der Waals surface area contributed by atoms with Gasteiger partial charge in [0.05, 0.1) is 0 Å². The molecule has 0 amide bonds. The van der Waals surface area contributed by atoms with Crippen LogP contribution in [0.3, 0.4) is 0 Å². The summed E-state index contributed by atoms with van der Waals surface area (Å²) < 4.78 is 196. The molecule has 0 aliphatic rings. The molecular formula is C19H24F15I. The highest BCUT2D eigenvalue weighted by Gasteiger charge is 2.93. The predicted octanol–water partition coefficient (Wildman–Crippen LogP) is 10.1. The Morgan fingerprint density at radius 3 is 1.23 bits per heavy atom. The van der Waals surface area contributed by atoms with E-state index < -0.39 is 52.1 Å². The third kappa shape index (κ3) is 7.17. The van der Waals surface area contributed by atoms with Crippen LogP contribution in [0.4, 0.5) is 65.9 Å². The van der Waals surface area contributed by atoms with Gasteiger partial charge in [-0.15, -0.1) is 0 Å². The van der Waals surface area contributed by atoms with Crippen LogP contribution in [0.5, 0.6) is 0 Å². The lowest BCUT2D eigenvalue weighted by Crippen LogP contribution is -2.72. The first kappa shape index (κ1) is 34.7. The molecule has 0 aromatic heterocycles. The van der Waals surface area contributed by atoms with Crippen molar-refractivity contribution in [1.29, 1.82) is 0 Å². The molecule has 0 bridgehead atoms. The van der Waals surface area contributed by atoms with Gasteiger partial charge in [-0.25, -0.2) is 0 Å². The van der Waals surface area contributed by atoms with E-state index in [9.17, 15) is 65.9 Å². The number of alkyl halides is 16. The van der Waals surface area contributed by atoms with Crippen LogP contribution < -0.4 is 0 Å². The average Bonchev–Trinajstić information content (AvgIpc) is 2.67. The largest absolute Gasteiger partial charge is 0.460 e. The lowest BCUT2D eigenvalue weighted by molar-refractivity contribution is -0.452. The second-order valence-corrected chi connectivity index (χ2v) is 9.90. The van der Waals surface area contributed by atoms with Crippen molar-refractivity contribution in [2.24, 2.45) is 0 Å². The highest BCUT2D eigenvalue weighted by molar-refractivity contribution is 14.1. The summed E-state index contributed by atoms with van der Waals surface area (Å²) >= 11 is 1.11. The Morgan fingerprint density at radius 2 is 0.829 bits per heavy atom. The fourth-order valence-corrected chi connectivity index (χ4v) is 4.00. The van der Waals surface area contributed by atoms with Crippen molar-refractivity contribution in [2.75, 3.05) is 0 Å². The van der Waals surface area contributed by atoms with E-state index in [-0.39, 0.29) is 12.8 Å². The third-order valence-electron chi connectivity index (χ3n) is 5.24. The summed E-state index contributed by atoms with van der Waals surface area (Å²) in [5.74, 6) is -45.9. The minimum Gasteiger partial charge on any atom is -0.200 e. The van der Waals surface area contributed by atoms with Crippen LogP contribution in [0, 0.1) is 0 Å². The zero-order valence-electron chi connectivity index (χ0n) is 18.2. The molecule has 0 aromatic carbocycles. The standard InChI is InChI=1S/C19H24F15I/c1-2-3-4-5-6-7-8-9-10-12(35)11-13(20,21)14(22,23)15(24,25)16(26,27)17(28,29)18(30,31)19(32,33)34/h12H,2-11H2,1H3. The molecule has 0 spiro atoms. The van der Waals surface area contributed by atoms with Crippen LogP contribution in [0.1, 0.15) is 71.1 Å². The zero-order chi connectivity index (χ0) is 28.1. The molecule has 0 aliphatic heterocycles. The maximum atomic E-state index is 13.9. The predicted molar refractivity (Wildman–Crippen MR) is 105 cm³/mol. The highest BCUT2D eigenvalue weighted by atomic mass is 127. The smallest absolute Gasteiger partial charge is 0.200 e. The summed E-state index contributed by atoms with van der Waals surface area (Å²) in [5, 5.41) is 0. The van der Waals surface area contributed by atoms with Gasteiger partial charge >= 0.3 is 41.7 Å². The molecule has 0 saturated carbocycles. The summed E-state index contributed by atoms with van der Waals surface area (Å²) in [6, 6.07) is 0. The zero-order valence-corrected chi connectivity index (χ0v) is 20.4. The van der Waals surface area contributed by atoms with Crippen LogP contribution in [-0.4, -0.2) is 45.6 Å². The van der Waals surface area contributed by atoms with Gasteiger partial charge in [0.1, 0.15) is 0 Å². The van der Waals surface area contributed by atoms with Gasteiger partial charge in [0, 0.05) is 10.3 Å². The number of unbranched alkanes of at least 4 members (excludes halogenated alkanes) is 7. The van der Waals surface area contributed by atoms with E-state index in [1.165, 1.54) is 0 Å². The van der Waals surface area contributed by atoms with Crippen molar-refractivity contribution in [2.45, 2.75) is 117 Å². The fraction of sp³-hybridized carbons (Fsp3) is 1.00. The van der Waals surface area contributed by atoms with Gasteiger partial charge < -0.3 is 0 Å². The minimum absolute atomic E-state index is 0.144. The van der Waals surface area contributed by atoms with Crippen molar-refractivity contribution < 1.29 is 65.9 Å². The van der Waals surface area contributed by atoms with E-state index >= 15 is 0 Å². The first-order valence-electron chi connectivity index (χ1n) is 10.4. The lowest BCUT2D eigenvalue weighted by Gasteiger charge is -2.41. The molecule has 212 valence electrons. The molecule has 35 heavy (non-hydrogen) atoms. The first-order chi connectivity index (χ1) is 15.5. The van der Waals surface area contributed by atoms with Crippen LogP contribution in [0.25, 0.3) is 0 Å². The quantitative estimate of drug-likeness (QED) is 0.0667. The van der Waals surface area contributed by atoms with Crippen LogP contribution in [-0.2, 0) is 0 Å². The minimum atomic E-state index is -8.22. The molecule has 0 radical (unpaired) electrons. The third-order valence-corrected chi connectivity index (χ3v) is 6.30. The van der Waals surface area contributed by atoms with E-state index in [1.54, 1.807) is 0 Å². The topological polar surface area (TPSA) is 0 Å². The molecule has 1 unspecified atom stereocenters. The summed E-state index contributed by atoms with van der Waals surface area (Å²) in [7, 11) is 0. The van der Waals surface area contributed by atoms with E-state index in [2.05, 4.69) is 0 Å². The van der Waals surface area contributed by atoms with Crippen molar-refractivity contribution in [1.82, 2.24) is 0 Å². The number of hydrogen-bond acceptors (Lipinski definition) is 0. The maximum Gasteiger partial charge on any atom is 0.460 e. The van der Waals surface area contributed by atoms with Gasteiger partial charge in [-0.2, -0.15) is 65.9 Å². The molecule has 0 rings (SSSR count). The molecule has 0 heterocycles. The fourth-order valence-electron chi connectivity index (χ4n) is 3.01. The Morgan fingerprint density at radius 1 is 0.486 bits per heavy atom. The molecule has 0 fully saturated rings. The van der Waals surface area contributed by atoms with Gasteiger partial charge in [0.15, 0.2) is 0 Å². The van der Waals surface area contributed by atoms with Gasteiger partial charge in [0.2, 0.25) is 0 Å². The molecule has 0 N–H and O–H groups in total. The van der Waals surface area contributed by atoms with Crippen molar-refractivity contribution in [3.05, 3.63) is 0 Å². The number of hydrogen-bond donors (Lipinski definition) is 0. The maximum absolute atomic E-state index is 13.9. The van der Waals surface area contributed by atoms with Crippen molar-refractivity contribution in [3.8, 4) is 0 Å². The van der Waals surface area contributed by atoms with E-state index in [4.69, 9.17) is 0 Å². The van der Waals surface area contributed by atoms with Crippen molar-refractivity contribution >= 4 is 22.6 Å². The van der Waals surface area contributed by atoms with Crippen LogP contribution >= 0.6 is 22.6 Å². The van der Waals surface area contributed by atoms with Crippen LogP contribution in [0.15, 0.2) is 0 Å². The van der Waals surface area contributed by atoms with E-state index in [1.807, 2.05) is 6.92 Å². The highest BCUT2D eigenvalue weighted by Crippen LogP contribution is 2.62. The average molecular weight is 664 g/mol. The summed E-state index contributed by atoms with van der Waals surface area (Å²) in [5.41, 5.74) is 0. The summed E-state index contributed by atoms with van der Waals surface area (Å²) in [6.45, 7) is 1.99. The Kier molecular flexibility index (Phi) is 11.9. The number of rotatable bonds is 16. The Bertz CT molecular complexity index is 643. The number of halogens is 16. The Hall–Kier alpha value is -0.320. The molecule has 0 nitrogen and oxygen atoms in total. The van der Waals surface area contributed by atoms with Crippen LogP contribution in [0.2, 0.25) is 0 Å². The van der Waals surface area contributed by atoms with E-state index in [0.29, 0.717) is 12.8 Å².